The Labute approximate surface area is 308 Å². The fourth-order valence-electron chi connectivity index (χ4n) is 4.49. The second kappa shape index (κ2) is 18.4. The van der Waals surface area contributed by atoms with E-state index in [1.807, 2.05) is 31.2 Å². The summed E-state index contributed by atoms with van der Waals surface area (Å²) in [7, 11) is -2.55. The molecule has 6 N–H and O–H groups in total. The summed E-state index contributed by atoms with van der Waals surface area (Å²) in [5, 5.41) is 15.4. The number of likely N-dealkylation sites (N-methyl/N-ethyl adjacent to an activating group) is 1. The molecule has 1 saturated heterocycles. The van der Waals surface area contributed by atoms with Gasteiger partial charge in [-0.25, -0.2) is 23.0 Å². The lowest BCUT2D eigenvalue weighted by molar-refractivity contribution is -0.193. The minimum absolute atomic E-state index is 0.0499. The van der Waals surface area contributed by atoms with Crippen molar-refractivity contribution in [2.75, 3.05) is 26.7 Å². The van der Waals surface area contributed by atoms with Crippen LogP contribution in [0.2, 0.25) is 10.0 Å². The molecule has 1 aliphatic rings. The third-order valence-corrected chi connectivity index (χ3v) is 9.86. The Balaban J connectivity index is 0.000000587. The maximum absolute atomic E-state index is 13.8. The first-order chi connectivity index (χ1) is 24.4. The normalized spacial score (nSPS) is 14.6. The molecule has 3 aromatic rings. The predicted molar refractivity (Wildman–Crippen MR) is 180 cm³/mol. The van der Waals surface area contributed by atoms with Gasteiger partial charge >= 0.3 is 24.3 Å². The van der Waals surface area contributed by atoms with Crippen molar-refractivity contribution in [2.45, 2.75) is 49.7 Å². The molecule has 2 aromatic carbocycles. The van der Waals surface area contributed by atoms with Gasteiger partial charge in [0.15, 0.2) is 5.96 Å². The zero-order valence-electron chi connectivity index (χ0n) is 27.6. The first-order valence-electron chi connectivity index (χ1n) is 14.8. The number of fused-ring (bicyclic) bond motifs is 1. The Bertz CT molecular complexity index is 1920. The molecule has 2 heterocycles. The number of benzene rings is 2. The van der Waals surface area contributed by atoms with Crippen molar-refractivity contribution in [1.82, 2.24) is 14.2 Å². The van der Waals surface area contributed by atoms with E-state index < -0.39 is 40.4 Å². The van der Waals surface area contributed by atoms with Gasteiger partial charge in [0.2, 0.25) is 15.9 Å². The van der Waals surface area contributed by atoms with Crippen LogP contribution < -0.4 is 16.2 Å². The molecule has 0 unspecified atom stereocenters. The van der Waals surface area contributed by atoms with Crippen LogP contribution in [0.15, 0.2) is 52.4 Å². The number of carboxylic acids is 2. The SMILES string of the molecule is Cc1ccc2cccc(OCc3c(Cl)ccc(S(=O)(=O)N4CCC[C@H]4C(=O)N(C)CCN=C(N)N)c3Cl)c2n1.O=C(O)C(F)(F)F.O=C(O)C(F)(F)F. The largest absolute Gasteiger partial charge is 0.490 e. The molecule has 23 heteroatoms. The van der Waals surface area contributed by atoms with Crippen molar-refractivity contribution in [3.8, 4) is 5.75 Å². The van der Waals surface area contributed by atoms with E-state index in [0.29, 0.717) is 29.7 Å². The summed E-state index contributed by atoms with van der Waals surface area (Å²) in [6.07, 6.45) is -9.24. The molecular weight excluding hydrogens is 789 g/mol. The summed E-state index contributed by atoms with van der Waals surface area (Å²) in [4.78, 5) is 40.7. The summed E-state index contributed by atoms with van der Waals surface area (Å²) in [6.45, 7) is 2.45. The van der Waals surface area contributed by atoms with Crippen LogP contribution in [0.5, 0.6) is 5.75 Å². The predicted octanol–water partition coefficient (Wildman–Crippen LogP) is 4.58. The molecule has 1 aromatic heterocycles. The summed E-state index contributed by atoms with van der Waals surface area (Å²) in [6, 6.07) is 11.4. The van der Waals surface area contributed by atoms with Gasteiger partial charge in [0.25, 0.3) is 0 Å². The number of carbonyl (C=O) groups is 3. The summed E-state index contributed by atoms with van der Waals surface area (Å²) in [5.74, 6) is -5.41. The second-order valence-corrected chi connectivity index (χ2v) is 13.5. The Morgan fingerprint density at radius 1 is 1.02 bits per heavy atom. The van der Waals surface area contributed by atoms with Crippen molar-refractivity contribution in [2.24, 2.45) is 16.5 Å². The summed E-state index contributed by atoms with van der Waals surface area (Å²) < 4.78 is 98.2. The van der Waals surface area contributed by atoms with Crippen LogP contribution in [0.3, 0.4) is 0 Å². The molecule has 292 valence electrons. The summed E-state index contributed by atoms with van der Waals surface area (Å²) >= 11 is 13.1. The van der Waals surface area contributed by atoms with Gasteiger partial charge in [-0.1, -0.05) is 41.4 Å². The first-order valence-corrected chi connectivity index (χ1v) is 17.0. The van der Waals surface area contributed by atoms with Crippen LogP contribution >= 0.6 is 23.2 Å². The van der Waals surface area contributed by atoms with Crippen molar-refractivity contribution in [1.29, 1.82) is 0 Å². The van der Waals surface area contributed by atoms with Crippen molar-refractivity contribution in [3.05, 3.63) is 63.8 Å². The standard InChI is InChI=1S/C26H30Cl2N6O4S.2C2HF3O2/c1-16-8-9-17-5-3-7-21(24(17)32-16)38-15-18-19(27)10-11-22(23(18)28)39(36,37)34-13-4-6-20(34)25(35)33(2)14-12-31-26(29)30;2*3-2(4,5)1(6)7/h3,5,7-11,20H,4,6,12-15H2,1-2H3,(H4,29,30,31);2*(H,6,7)/t20-;;/m0../s1. The molecule has 1 fully saturated rings. The second-order valence-electron chi connectivity index (χ2n) is 10.9. The highest BCUT2D eigenvalue weighted by atomic mass is 35.5. The molecule has 0 saturated carbocycles. The number of nitrogens with two attached hydrogens (primary N) is 2. The van der Waals surface area contributed by atoms with Crippen LogP contribution in [-0.4, -0.2) is 102 Å². The smallest absolute Gasteiger partial charge is 0.487 e. The van der Waals surface area contributed by atoms with E-state index in [2.05, 4.69) is 9.98 Å². The molecule has 0 radical (unpaired) electrons. The van der Waals surface area contributed by atoms with Gasteiger partial charge in [-0.2, -0.15) is 30.6 Å². The number of sulfonamides is 1. The van der Waals surface area contributed by atoms with Gasteiger partial charge < -0.3 is 31.3 Å². The van der Waals surface area contributed by atoms with Crippen LogP contribution in [0.25, 0.3) is 10.9 Å². The Kier molecular flexibility index (Phi) is 15.5. The van der Waals surface area contributed by atoms with Crippen LogP contribution in [-0.2, 0) is 31.0 Å². The highest BCUT2D eigenvalue weighted by Gasteiger charge is 2.42. The number of aryl methyl sites for hydroxylation is 1. The number of halogens is 8. The fraction of sp³-hybridized carbons (Fsp3) is 0.367. The summed E-state index contributed by atoms with van der Waals surface area (Å²) in [5.41, 5.74) is 12.5. The van der Waals surface area contributed by atoms with Crippen LogP contribution in [0.1, 0.15) is 24.1 Å². The number of guanidine groups is 1. The fourth-order valence-corrected chi connectivity index (χ4v) is 7.00. The van der Waals surface area contributed by atoms with E-state index in [1.54, 1.807) is 13.1 Å². The van der Waals surface area contributed by atoms with E-state index in [-0.39, 0.29) is 53.0 Å². The van der Waals surface area contributed by atoms with Crippen molar-refractivity contribution >= 4 is 67.9 Å². The van der Waals surface area contributed by atoms with Crippen LogP contribution in [0, 0.1) is 6.92 Å². The number of carbonyl (C=O) groups excluding carboxylic acids is 1. The number of ether oxygens (including phenoxy) is 1. The maximum Gasteiger partial charge on any atom is 0.490 e. The molecule has 53 heavy (non-hydrogen) atoms. The third-order valence-electron chi connectivity index (χ3n) is 7.01. The van der Waals surface area contributed by atoms with Crippen LogP contribution in [0.4, 0.5) is 26.3 Å². The molecule has 0 spiro atoms. The molecule has 4 rings (SSSR count). The lowest BCUT2D eigenvalue weighted by Crippen LogP contribution is -2.47. The Morgan fingerprint density at radius 2 is 1.60 bits per heavy atom. The number of nitrogens with zero attached hydrogens (tertiary/aromatic N) is 4. The van der Waals surface area contributed by atoms with E-state index >= 15 is 0 Å². The monoisotopic (exact) mass is 820 g/mol. The van der Waals surface area contributed by atoms with Gasteiger partial charge in [-0.3, -0.25) is 9.79 Å². The van der Waals surface area contributed by atoms with Gasteiger partial charge in [0.05, 0.1) is 11.6 Å². The number of hydrogen-bond acceptors (Lipinski definition) is 8. The number of aromatic nitrogens is 1. The Morgan fingerprint density at radius 3 is 2.15 bits per heavy atom. The average molecular weight is 822 g/mol. The quantitative estimate of drug-likeness (QED) is 0.133. The van der Waals surface area contributed by atoms with Gasteiger partial charge in [-0.05, 0) is 44.0 Å². The Hall–Kier alpha value is -4.60. The molecule has 0 bridgehead atoms. The van der Waals surface area contributed by atoms with Gasteiger partial charge in [0, 0.05) is 41.8 Å². The number of pyridine rings is 1. The first kappa shape index (κ1) is 44.6. The number of carboxylic acid groups (broad SMARTS) is 2. The molecule has 1 aliphatic heterocycles. The number of alkyl halides is 6. The van der Waals surface area contributed by atoms with Gasteiger partial charge in [-0.15, -0.1) is 0 Å². The van der Waals surface area contributed by atoms with E-state index in [1.165, 1.54) is 21.3 Å². The third kappa shape index (κ3) is 12.5. The maximum atomic E-state index is 13.8. The number of aliphatic carboxylic acids is 2. The van der Waals surface area contributed by atoms with Gasteiger partial charge in [0.1, 0.15) is 28.8 Å². The van der Waals surface area contributed by atoms with E-state index in [9.17, 15) is 39.6 Å². The molecular formula is C30H32Cl2F6N6O8S. The lowest BCUT2D eigenvalue weighted by atomic mass is 10.2. The highest BCUT2D eigenvalue weighted by molar-refractivity contribution is 7.89. The zero-order chi connectivity index (χ0) is 40.5. The van der Waals surface area contributed by atoms with E-state index in [0.717, 1.165) is 11.1 Å². The molecule has 14 nitrogen and oxygen atoms in total. The molecule has 1 atom stereocenters. The number of hydrogen-bond donors (Lipinski definition) is 4. The molecule has 0 aliphatic carbocycles. The number of amides is 1. The van der Waals surface area contributed by atoms with Crippen molar-refractivity contribution < 1.29 is 64.1 Å². The molecule has 1 amide bonds. The zero-order valence-corrected chi connectivity index (χ0v) is 29.9. The van der Waals surface area contributed by atoms with E-state index in [4.69, 9.17) is 59.2 Å². The topological polar surface area (TPSA) is 219 Å². The average Bonchev–Trinajstić information content (AvgIpc) is 3.55. The number of rotatable bonds is 9. The van der Waals surface area contributed by atoms with Crippen molar-refractivity contribution in [3.63, 3.8) is 0 Å². The highest BCUT2D eigenvalue weighted by Crippen LogP contribution is 2.36. The minimum atomic E-state index is -5.08. The lowest BCUT2D eigenvalue weighted by Gasteiger charge is -2.28. The minimum Gasteiger partial charge on any atom is -0.487 e. The number of aliphatic imine (C=N–C) groups is 1. The number of para-hydroxylation sites is 1.